The van der Waals surface area contributed by atoms with Gasteiger partial charge in [0.2, 0.25) is 10.0 Å². The third-order valence-electron chi connectivity index (χ3n) is 3.43. The Morgan fingerprint density at radius 3 is 2.68 bits per heavy atom. The van der Waals surface area contributed by atoms with Crippen LogP contribution in [0.1, 0.15) is 18.4 Å². The van der Waals surface area contributed by atoms with Crippen LogP contribution < -0.4 is 0 Å². The van der Waals surface area contributed by atoms with Crippen molar-refractivity contribution >= 4 is 21.6 Å². The predicted molar refractivity (Wildman–Crippen MR) is 74.8 cm³/mol. The number of halogens is 1. The lowest BCUT2D eigenvalue weighted by atomic mass is 10.1. The van der Waals surface area contributed by atoms with Crippen molar-refractivity contribution in [2.75, 3.05) is 20.3 Å². The van der Waals surface area contributed by atoms with E-state index < -0.39 is 10.0 Å². The summed E-state index contributed by atoms with van der Waals surface area (Å²) in [6.45, 7) is 1.23. The van der Waals surface area contributed by atoms with Crippen molar-refractivity contribution in [1.82, 2.24) is 4.31 Å². The minimum absolute atomic E-state index is 0.0124. The highest BCUT2D eigenvalue weighted by molar-refractivity contribution is 7.89. The number of benzene rings is 1. The Kier molecular flexibility index (Phi) is 4.84. The van der Waals surface area contributed by atoms with Crippen LogP contribution in [0.15, 0.2) is 29.2 Å². The van der Waals surface area contributed by atoms with Crippen LogP contribution in [0.4, 0.5) is 0 Å². The van der Waals surface area contributed by atoms with E-state index in [1.807, 2.05) is 6.07 Å². The van der Waals surface area contributed by atoms with Crippen LogP contribution in [0, 0.1) is 0 Å². The fraction of sp³-hybridized carbons (Fsp3) is 0.538. The Morgan fingerprint density at radius 1 is 1.37 bits per heavy atom. The van der Waals surface area contributed by atoms with Gasteiger partial charge in [-0.1, -0.05) is 12.1 Å². The average molecular weight is 304 g/mol. The fourth-order valence-electron chi connectivity index (χ4n) is 2.20. The maximum absolute atomic E-state index is 12.5. The SMILES string of the molecule is CN(C1CCOCC1)S(=O)(=O)c1cccc(CCl)c1. The van der Waals surface area contributed by atoms with Crippen LogP contribution in [-0.4, -0.2) is 39.0 Å². The van der Waals surface area contributed by atoms with Gasteiger partial charge in [0.25, 0.3) is 0 Å². The van der Waals surface area contributed by atoms with Gasteiger partial charge in [-0.15, -0.1) is 11.6 Å². The zero-order valence-corrected chi connectivity index (χ0v) is 12.5. The summed E-state index contributed by atoms with van der Waals surface area (Å²) in [5, 5.41) is 0. The Morgan fingerprint density at radius 2 is 2.05 bits per heavy atom. The summed E-state index contributed by atoms with van der Waals surface area (Å²) >= 11 is 5.75. The van der Waals surface area contributed by atoms with E-state index in [9.17, 15) is 8.42 Å². The first-order valence-electron chi connectivity index (χ1n) is 6.26. The molecule has 1 saturated heterocycles. The van der Waals surface area contributed by atoms with Crippen molar-refractivity contribution in [3.8, 4) is 0 Å². The molecule has 6 heteroatoms. The summed E-state index contributed by atoms with van der Waals surface area (Å²) in [5.74, 6) is 0.310. The Bertz CT molecular complexity index is 526. The van der Waals surface area contributed by atoms with Crippen LogP contribution in [0.5, 0.6) is 0 Å². The molecule has 4 nitrogen and oxygen atoms in total. The van der Waals surface area contributed by atoms with Gasteiger partial charge >= 0.3 is 0 Å². The largest absolute Gasteiger partial charge is 0.381 e. The first-order chi connectivity index (χ1) is 9.05. The number of hydrogen-bond donors (Lipinski definition) is 0. The molecule has 0 saturated carbocycles. The van der Waals surface area contributed by atoms with Gasteiger partial charge < -0.3 is 4.74 Å². The maximum Gasteiger partial charge on any atom is 0.243 e. The summed E-state index contributed by atoms with van der Waals surface area (Å²) in [5.41, 5.74) is 0.808. The Hall–Kier alpha value is -0.620. The van der Waals surface area contributed by atoms with Gasteiger partial charge in [-0.2, -0.15) is 4.31 Å². The summed E-state index contributed by atoms with van der Waals surface area (Å²) in [6, 6.07) is 6.81. The highest BCUT2D eigenvalue weighted by Crippen LogP contribution is 2.22. The monoisotopic (exact) mass is 303 g/mol. The molecule has 1 aromatic rings. The molecule has 0 atom stereocenters. The number of rotatable bonds is 4. The average Bonchev–Trinajstić information content (AvgIpc) is 2.47. The van der Waals surface area contributed by atoms with Gasteiger partial charge in [-0.05, 0) is 30.5 Å². The van der Waals surface area contributed by atoms with Crippen molar-refractivity contribution in [2.45, 2.75) is 29.7 Å². The highest BCUT2D eigenvalue weighted by atomic mass is 35.5. The molecule has 0 amide bonds. The van der Waals surface area contributed by atoms with Gasteiger partial charge in [-0.25, -0.2) is 8.42 Å². The van der Waals surface area contributed by atoms with Crippen molar-refractivity contribution in [3.63, 3.8) is 0 Å². The molecule has 1 aromatic carbocycles. The minimum Gasteiger partial charge on any atom is -0.381 e. The molecular formula is C13H18ClNO3S. The zero-order valence-electron chi connectivity index (χ0n) is 10.9. The van der Waals surface area contributed by atoms with E-state index in [0.717, 1.165) is 18.4 Å². The number of nitrogens with zero attached hydrogens (tertiary/aromatic N) is 1. The van der Waals surface area contributed by atoms with Crippen molar-refractivity contribution < 1.29 is 13.2 Å². The van der Waals surface area contributed by atoms with E-state index in [1.165, 1.54) is 4.31 Å². The van der Waals surface area contributed by atoms with Crippen LogP contribution in [0.25, 0.3) is 0 Å². The molecule has 106 valence electrons. The van der Waals surface area contributed by atoms with E-state index >= 15 is 0 Å². The second-order valence-corrected chi connectivity index (χ2v) is 6.91. The first kappa shape index (κ1) is 14.8. The molecule has 0 radical (unpaired) electrons. The number of ether oxygens (including phenoxy) is 1. The third kappa shape index (κ3) is 3.28. The molecule has 1 heterocycles. The molecular weight excluding hydrogens is 286 g/mol. The molecule has 0 aliphatic carbocycles. The zero-order chi connectivity index (χ0) is 13.9. The van der Waals surface area contributed by atoms with Crippen molar-refractivity contribution in [3.05, 3.63) is 29.8 Å². The van der Waals surface area contributed by atoms with E-state index in [2.05, 4.69) is 0 Å². The summed E-state index contributed by atoms with van der Waals surface area (Å²) < 4.78 is 31.8. The molecule has 2 rings (SSSR count). The smallest absolute Gasteiger partial charge is 0.243 e. The first-order valence-corrected chi connectivity index (χ1v) is 8.24. The van der Waals surface area contributed by atoms with E-state index in [1.54, 1.807) is 25.2 Å². The van der Waals surface area contributed by atoms with Gasteiger partial charge in [0.05, 0.1) is 4.90 Å². The minimum atomic E-state index is -3.45. The standard InChI is InChI=1S/C13H18ClNO3S/c1-15(12-5-7-18-8-6-12)19(16,17)13-4-2-3-11(9-13)10-14/h2-4,9,12H,5-8,10H2,1H3. The van der Waals surface area contributed by atoms with Crippen molar-refractivity contribution in [1.29, 1.82) is 0 Å². The molecule has 0 aromatic heterocycles. The normalized spacial score (nSPS) is 17.8. The summed E-state index contributed by atoms with van der Waals surface area (Å²) in [4.78, 5) is 0.305. The molecule has 19 heavy (non-hydrogen) atoms. The second-order valence-electron chi connectivity index (χ2n) is 4.65. The Labute approximate surface area is 119 Å². The molecule has 0 N–H and O–H groups in total. The lowest BCUT2D eigenvalue weighted by Crippen LogP contribution is -2.40. The van der Waals surface area contributed by atoms with E-state index in [0.29, 0.717) is 24.0 Å². The van der Waals surface area contributed by atoms with Gasteiger partial charge in [0, 0.05) is 32.2 Å². The van der Waals surface area contributed by atoms with Gasteiger partial charge in [-0.3, -0.25) is 0 Å². The van der Waals surface area contributed by atoms with Crippen molar-refractivity contribution in [2.24, 2.45) is 0 Å². The lowest BCUT2D eigenvalue weighted by molar-refractivity contribution is 0.0632. The second kappa shape index (κ2) is 6.22. The van der Waals surface area contributed by atoms with Gasteiger partial charge in [0.1, 0.15) is 0 Å². The lowest BCUT2D eigenvalue weighted by Gasteiger charge is -2.30. The van der Waals surface area contributed by atoms with Crippen LogP contribution in [0.3, 0.4) is 0 Å². The third-order valence-corrected chi connectivity index (χ3v) is 5.65. The molecule has 0 bridgehead atoms. The van der Waals surface area contributed by atoms with Crippen LogP contribution in [0.2, 0.25) is 0 Å². The quantitative estimate of drug-likeness (QED) is 0.801. The fourth-order valence-corrected chi connectivity index (χ4v) is 3.85. The number of sulfonamides is 1. The topological polar surface area (TPSA) is 46.6 Å². The molecule has 1 aliphatic heterocycles. The van der Waals surface area contributed by atoms with E-state index in [4.69, 9.17) is 16.3 Å². The number of hydrogen-bond acceptors (Lipinski definition) is 3. The van der Waals surface area contributed by atoms with E-state index in [-0.39, 0.29) is 6.04 Å². The number of alkyl halides is 1. The van der Waals surface area contributed by atoms with Gasteiger partial charge in [0.15, 0.2) is 0 Å². The van der Waals surface area contributed by atoms with Crippen LogP contribution >= 0.6 is 11.6 Å². The molecule has 1 aliphatic rings. The summed E-state index contributed by atoms with van der Waals surface area (Å²) in [7, 11) is -1.81. The molecule has 0 spiro atoms. The molecule has 1 fully saturated rings. The maximum atomic E-state index is 12.5. The Balaban J connectivity index is 2.24. The predicted octanol–water partition coefficient (Wildman–Crippen LogP) is 2.22. The highest BCUT2D eigenvalue weighted by Gasteiger charge is 2.29. The summed E-state index contributed by atoms with van der Waals surface area (Å²) in [6.07, 6.45) is 1.48. The van der Waals surface area contributed by atoms with Crippen LogP contribution in [-0.2, 0) is 20.6 Å². The molecule has 0 unspecified atom stereocenters.